The number of nitrogens with zero attached hydrogens (tertiary/aromatic N) is 6. The number of nitriles is 1. The first-order chi connectivity index (χ1) is 23.6. The summed E-state index contributed by atoms with van der Waals surface area (Å²) in [5, 5.41) is 9.56. The molecule has 0 spiro atoms. The van der Waals surface area contributed by atoms with Gasteiger partial charge in [-0.2, -0.15) is 15.2 Å². The van der Waals surface area contributed by atoms with Crippen LogP contribution in [-0.2, 0) is 0 Å². The normalized spacial score (nSPS) is 22.1. The molecule has 17 heteroatoms. The number of hydrogen-bond acceptors (Lipinski definition) is 11. The van der Waals surface area contributed by atoms with Crippen molar-refractivity contribution in [2.75, 3.05) is 43.5 Å². The zero-order valence-corrected chi connectivity index (χ0v) is 26.9. The van der Waals surface area contributed by atoms with E-state index in [1.807, 2.05) is 11.0 Å². The van der Waals surface area contributed by atoms with E-state index in [1.54, 1.807) is 0 Å². The molecule has 8 rings (SSSR count). The highest BCUT2D eigenvalue weighted by atomic mass is 35.5. The highest BCUT2D eigenvalue weighted by Crippen LogP contribution is 2.52. The van der Waals surface area contributed by atoms with Gasteiger partial charge in [0.25, 0.3) is 6.43 Å². The Kier molecular flexibility index (Phi) is 7.69. The fourth-order valence-electron chi connectivity index (χ4n) is 7.42. The molecule has 254 valence electrons. The van der Waals surface area contributed by atoms with E-state index in [9.17, 15) is 22.8 Å². The molecule has 2 saturated heterocycles. The average molecular weight is 718 g/mol. The maximum Gasteiger partial charge on any atom is 0.319 e. The molecular weight excluding hydrogens is 693 g/mol. The molecule has 2 fully saturated rings. The second kappa shape index (κ2) is 11.9. The molecular formula is C32H25ClF5N7O3S. The predicted octanol–water partition coefficient (Wildman–Crippen LogP) is 7.05. The molecule has 2 aromatic carbocycles. The summed E-state index contributed by atoms with van der Waals surface area (Å²) in [4.78, 5) is 16.1. The van der Waals surface area contributed by atoms with Crippen LogP contribution >= 0.6 is 22.9 Å². The quantitative estimate of drug-likeness (QED) is 0.175. The number of halogens is 6. The number of aromatic nitrogens is 3. The van der Waals surface area contributed by atoms with Crippen molar-refractivity contribution in [3.63, 3.8) is 0 Å². The molecule has 10 nitrogen and oxygen atoms in total. The van der Waals surface area contributed by atoms with Crippen LogP contribution in [0.25, 0.3) is 32.1 Å². The molecule has 0 amide bonds. The molecule has 3 atom stereocenters. The van der Waals surface area contributed by atoms with Crippen molar-refractivity contribution in [3.8, 4) is 29.0 Å². The van der Waals surface area contributed by atoms with Crippen LogP contribution in [-0.4, -0.2) is 70.8 Å². The third-order valence-electron chi connectivity index (χ3n) is 9.52. The molecule has 6 heterocycles. The van der Waals surface area contributed by atoms with Gasteiger partial charge in [-0.15, -0.1) is 11.3 Å². The summed E-state index contributed by atoms with van der Waals surface area (Å²) in [6.07, 6.45) is 0.276. The third-order valence-corrected chi connectivity index (χ3v) is 10.9. The van der Waals surface area contributed by atoms with E-state index in [2.05, 4.69) is 15.0 Å². The van der Waals surface area contributed by atoms with Crippen molar-refractivity contribution in [2.45, 2.75) is 43.4 Å². The Bertz CT molecular complexity index is 2160. The van der Waals surface area contributed by atoms with Crippen molar-refractivity contribution >= 4 is 54.7 Å². The van der Waals surface area contributed by atoms with E-state index in [0.29, 0.717) is 13.0 Å². The molecule has 0 aliphatic carbocycles. The Morgan fingerprint density at radius 3 is 2.84 bits per heavy atom. The minimum Gasteiger partial charge on any atom is -0.488 e. The first kappa shape index (κ1) is 31.8. The lowest BCUT2D eigenvalue weighted by Crippen LogP contribution is -2.43. The largest absolute Gasteiger partial charge is 0.488 e. The van der Waals surface area contributed by atoms with E-state index in [0.717, 1.165) is 30.2 Å². The van der Waals surface area contributed by atoms with Crippen LogP contribution in [0.1, 0.15) is 36.6 Å². The number of fused-ring (bicyclic) bond motifs is 2. The van der Waals surface area contributed by atoms with E-state index in [4.69, 9.17) is 31.2 Å². The minimum absolute atomic E-state index is 0.0119. The molecule has 5 aromatic rings. The van der Waals surface area contributed by atoms with Gasteiger partial charge in [0.05, 0.1) is 39.0 Å². The van der Waals surface area contributed by atoms with Gasteiger partial charge in [0.15, 0.2) is 18.0 Å². The summed E-state index contributed by atoms with van der Waals surface area (Å²) in [6.45, 7) is -0.258. The summed E-state index contributed by atoms with van der Waals surface area (Å²) in [5.41, 5.74) is 4.72. The Labute approximate surface area is 283 Å². The third kappa shape index (κ3) is 5.00. The molecule has 2 N–H and O–H groups in total. The fraction of sp³-hybridized carbons (Fsp3) is 0.375. The number of nitrogens with two attached hydrogens (primary N) is 1. The lowest BCUT2D eigenvalue weighted by Gasteiger charge is -2.31. The molecule has 3 aliphatic rings. The van der Waals surface area contributed by atoms with Gasteiger partial charge in [0, 0.05) is 23.9 Å². The van der Waals surface area contributed by atoms with Gasteiger partial charge >= 0.3 is 6.01 Å². The van der Waals surface area contributed by atoms with Gasteiger partial charge < -0.3 is 24.5 Å². The SMILES string of the molecule is N#Cc1c(N)sc2c(F)ccc(-c3c(Cl)c4c5c(nc(OC[C@@]67CCCN6C[C@H](F)C7)nc5c3F)N(CC(F)F)[C@@H](c3cnco3)CO4)c12. The van der Waals surface area contributed by atoms with Crippen LogP contribution in [0.5, 0.6) is 11.8 Å². The summed E-state index contributed by atoms with van der Waals surface area (Å²) in [7, 11) is 0. The zero-order chi connectivity index (χ0) is 34.2. The number of rotatable bonds is 7. The van der Waals surface area contributed by atoms with E-state index < -0.39 is 42.4 Å². The Morgan fingerprint density at radius 1 is 1.24 bits per heavy atom. The summed E-state index contributed by atoms with van der Waals surface area (Å²) in [6, 6.07) is 2.96. The standard InChI is InChI=1S/C32H25ClF5N7O3S/c33-24-22(15-2-3-17(35)28-21(15)16(7-39)29(40)49-28)25(38)26-23-27(24)46-11-18(19-8-41-13-48-19)45(10-20(36)37)30(23)43-31(42-26)47-12-32-4-1-5-44(32)9-14(34)6-32/h2-3,8,13-14,18,20H,1,4-6,9-12,40H2/t14-,18-,32+/m1/s1. The Hall–Kier alpha value is -4.46. The molecule has 0 unspecified atom stereocenters. The van der Waals surface area contributed by atoms with Crippen LogP contribution < -0.4 is 20.1 Å². The zero-order valence-electron chi connectivity index (χ0n) is 25.4. The average Bonchev–Trinajstić information content (AvgIpc) is 3.84. The predicted molar refractivity (Wildman–Crippen MR) is 171 cm³/mol. The molecule has 3 aliphatic heterocycles. The van der Waals surface area contributed by atoms with Crippen LogP contribution in [0.2, 0.25) is 5.02 Å². The Balaban J connectivity index is 1.37. The van der Waals surface area contributed by atoms with Crippen LogP contribution in [0.3, 0.4) is 0 Å². The van der Waals surface area contributed by atoms with Gasteiger partial charge in [-0.05, 0) is 31.0 Å². The maximum atomic E-state index is 17.1. The molecule has 0 radical (unpaired) electrons. The second-order valence-corrected chi connectivity index (χ2v) is 13.7. The van der Waals surface area contributed by atoms with Crippen LogP contribution in [0.15, 0.2) is 29.1 Å². The smallest absolute Gasteiger partial charge is 0.319 e. The topological polar surface area (TPSA) is 127 Å². The van der Waals surface area contributed by atoms with E-state index in [-0.39, 0.29) is 97.2 Å². The van der Waals surface area contributed by atoms with Gasteiger partial charge in [0.2, 0.25) is 0 Å². The van der Waals surface area contributed by atoms with Crippen molar-refractivity contribution < 1.29 is 35.8 Å². The lowest BCUT2D eigenvalue weighted by atomic mass is 9.95. The van der Waals surface area contributed by atoms with E-state index in [1.165, 1.54) is 17.2 Å². The first-order valence-electron chi connectivity index (χ1n) is 15.3. The second-order valence-electron chi connectivity index (χ2n) is 12.3. The Morgan fingerprint density at radius 2 is 2.08 bits per heavy atom. The summed E-state index contributed by atoms with van der Waals surface area (Å²) >= 11 is 7.76. The van der Waals surface area contributed by atoms with Crippen molar-refractivity contribution in [2.24, 2.45) is 0 Å². The van der Waals surface area contributed by atoms with Crippen molar-refractivity contribution in [1.29, 1.82) is 5.26 Å². The van der Waals surface area contributed by atoms with Gasteiger partial charge in [0.1, 0.15) is 59.4 Å². The van der Waals surface area contributed by atoms with Gasteiger partial charge in [-0.1, -0.05) is 17.7 Å². The summed E-state index contributed by atoms with van der Waals surface area (Å²) in [5.74, 6) is -1.84. The number of nitrogen functional groups attached to an aromatic ring is 1. The molecule has 49 heavy (non-hydrogen) atoms. The lowest BCUT2D eigenvalue weighted by molar-refractivity contribution is 0.107. The maximum absolute atomic E-state index is 17.1. The number of benzene rings is 2. The van der Waals surface area contributed by atoms with Gasteiger partial charge in [-0.3, -0.25) is 4.90 Å². The van der Waals surface area contributed by atoms with Gasteiger partial charge in [-0.25, -0.2) is 26.9 Å². The number of thiophene rings is 1. The molecule has 0 bridgehead atoms. The van der Waals surface area contributed by atoms with Crippen molar-refractivity contribution in [1.82, 2.24) is 19.9 Å². The number of oxazole rings is 1. The number of anilines is 2. The molecule has 0 saturated carbocycles. The highest BCUT2D eigenvalue weighted by molar-refractivity contribution is 7.23. The van der Waals surface area contributed by atoms with Crippen LogP contribution in [0.4, 0.5) is 32.8 Å². The molecule has 3 aromatic heterocycles. The monoisotopic (exact) mass is 717 g/mol. The number of alkyl halides is 3. The highest BCUT2D eigenvalue weighted by Gasteiger charge is 2.49. The van der Waals surface area contributed by atoms with Crippen molar-refractivity contribution in [3.05, 3.63) is 52.7 Å². The first-order valence-corrected chi connectivity index (χ1v) is 16.5. The fourth-order valence-corrected chi connectivity index (χ4v) is 8.71. The number of hydrogen-bond donors (Lipinski definition) is 1. The number of ether oxygens (including phenoxy) is 2. The van der Waals surface area contributed by atoms with E-state index >= 15 is 4.39 Å². The minimum atomic E-state index is -2.88. The van der Waals surface area contributed by atoms with Crippen LogP contribution in [0, 0.1) is 23.0 Å². The summed E-state index contributed by atoms with van der Waals surface area (Å²) < 4.78 is 92.9.